The molecule has 2 rings (SSSR count). The number of benzene rings is 1. The Kier molecular flexibility index (Phi) is 11.9. The van der Waals surface area contributed by atoms with Crippen molar-refractivity contribution < 1.29 is 9.15 Å². The second-order valence-electron chi connectivity index (χ2n) is 7.78. The molecule has 0 saturated heterocycles. The molecule has 7 heteroatoms. The van der Waals surface area contributed by atoms with Gasteiger partial charge in [0.05, 0.1) is 19.3 Å². The number of ether oxygens (including phenoxy) is 1. The van der Waals surface area contributed by atoms with E-state index >= 15 is 0 Å². The van der Waals surface area contributed by atoms with Crippen molar-refractivity contribution in [1.29, 1.82) is 0 Å². The van der Waals surface area contributed by atoms with Gasteiger partial charge in [-0.3, -0.25) is 4.99 Å². The second-order valence-corrected chi connectivity index (χ2v) is 7.78. The number of oxazole rings is 1. The van der Waals surface area contributed by atoms with Crippen LogP contribution < -0.4 is 10.6 Å². The van der Waals surface area contributed by atoms with Crippen LogP contribution in [0.5, 0.6) is 0 Å². The lowest BCUT2D eigenvalue weighted by Crippen LogP contribution is -2.37. The van der Waals surface area contributed by atoms with Crippen molar-refractivity contribution >= 4 is 29.9 Å². The van der Waals surface area contributed by atoms with E-state index in [0.717, 1.165) is 50.7 Å². The van der Waals surface area contributed by atoms with Gasteiger partial charge in [-0.1, -0.05) is 51.1 Å². The average molecular weight is 514 g/mol. The van der Waals surface area contributed by atoms with Gasteiger partial charge >= 0.3 is 0 Å². The van der Waals surface area contributed by atoms with Crippen LogP contribution in [0.15, 0.2) is 45.9 Å². The highest BCUT2D eigenvalue weighted by Gasteiger charge is 2.19. The van der Waals surface area contributed by atoms with Crippen molar-refractivity contribution in [2.45, 2.75) is 52.0 Å². The topological polar surface area (TPSA) is 71.7 Å². The number of halogens is 1. The summed E-state index contributed by atoms with van der Waals surface area (Å²) in [7, 11) is 1.76. The first-order chi connectivity index (χ1) is 13.5. The first kappa shape index (κ1) is 25.4. The summed E-state index contributed by atoms with van der Waals surface area (Å²) >= 11 is 0. The number of guanidine groups is 1. The van der Waals surface area contributed by atoms with E-state index in [-0.39, 0.29) is 29.4 Å². The number of hydrogen-bond acceptors (Lipinski definition) is 4. The minimum Gasteiger partial charge on any atom is -0.443 e. The molecule has 1 heterocycles. The highest BCUT2D eigenvalue weighted by molar-refractivity contribution is 14.0. The SMILES string of the molecule is CN=C(NCCCCOCCc1ccccc1)NCc1ncc(C(C)(C)C)o1.I. The lowest BCUT2D eigenvalue weighted by Gasteiger charge is -2.13. The van der Waals surface area contributed by atoms with E-state index in [1.54, 1.807) is 13.2 Å². The number of nitrogens with one attached hydrogen (secondary N) is 2. The van der Waals surface area contributed by atoms with Crippen LogP contribution >= 0.6 is 24.0 Å². The highest BCUT2D eigenvalue weighted by atomic mass is 127. The third kappa shape index (κ3) is 10.1. The van der Waals surface area contributed by atoms with Gasteiger partial charge in [0.25, 0.3) is 0 Å². The molecule has 0 saturated carbocycles. The molecule has 0 unspecified atom stereocenters. The Labute approximate surface area is 191 Å². The minimum absolute atomic E-state index is 0. The van der Waals surface area contributed by atoms with E-state index in [1.807, 2.05) is 6.07 Å². The smallest absolute Gasteiger partial charge is 0.213 e. The summed E-state index contributed by atoms with van der Waals surface area (Å²) < 4.78 is 11.5. The molecule has 6 nitrogen and oxygen atoms in total. The molecular formula is C22H35IN4O2. The molecule has 2 N–H and O–H groups in total. The van der Waals surface area contributed by atoms with Gasteiger partial charge in [-0.15, -0.1) is 24.0 Å². The normalized spacial score (nSPS) is 11.8. The molecule has 1 aromatic heterocycles. The Bertz CT molecular complexity index is 711. The van der Waals surface area contributed by atoms with E-state index in [0.29, 0.717) is 12.4 Å². The number of hydrogen-bond donors (Lipinski definition) is 2. The van der Waals surface area contributed by atoms with E-state index in [2.05, 4.69) is 65.6 Å². The zero-order valence-electron chi connectivity index (χ0n) is 18.0. The Hall–Kier alpha value is -1.61. The molecule has 0 fully saturated rings. The lowest BCUT2D eigenvalue weighted by atomic mass is 9.94. The van der Waals surface area contributed by atoms with Crippen LogP contribution in [0.2, 0.25) is 0 Å². The predicted octanol–water partition coefficient (Wildman–Crippen LogP) is 4.29. The predicted molar refractivity (Wildman–Crippen MR) is 129 cm³/mol. The van der Waals surface area contributed by atoms with Crippen molar-refractivity contribution in [3.63, 3.8) is 0 Å². The molecule has 2 aromatic rings. The summed E-state index contributed by atoms with van der Waals surface area (Å²) in [5.74, 6) is 2.31. The summed E-state index contributed by atoms with van der Waals surface area (Å²) in [6.45, 7) is 9.24. The van der Waals surface area contributed by atoms with Crippen LogP contribution in [0.1, 0.15) is 50.8 Å². The molecule has 0 spiro atoms. The van der Waals surface area contributed by atoms with Crippen molar-refractivity contribution in [2.24, 2.45) is 4.99 Å². The van der Waals surface area contributed by atoms with Crippen molar-refractivity contribution in [1.82, 2.24) is 15.6 Å². The van der Waals surface area contributed by atoms with E-state index in [1.165, 1.54) is 5.56 Å². The quantitative estimate of drug-likeness (QED) is 0.214. The fourth-order valence-corrected chi connectivity index (χ4v) is 2.59. The summed E-state index contributed by atoms with van der Waals surface area (Å²) in [6.07, 6.45) is 4.81. The molecule has 0 amide bonds. The molecular weight excluding hydrogens is 479 g/mol. The first-order valence-electron chi connectivity index (χ1n) is 10.0. The van der Waals surface area contributed by atoms with E-state index in [4.69, 9.17) is 9.15 Å². The summed E-state index contributed by atoms with van der Waals surface area (Å²) in [5.41, 5.74) is 1.29. The van der Waals surface area contributed by atoms with Crippen molar-refractivity contribution in [2.75, 3.05) is 26.8 Å². The monoisotopic (exact) mass is 514 g/mol. The van der Waals surface area contributed by atoms with E-state index in [9.17, 15) is 0 Å². The van der Waals surface area contributed by atoms with Crippen molar-refractivity contribution in [3.05, 3.63) is 53.7 Å². The Morgan fingerprint density at radius 3 is 2.52 bits per heavy atom. The Morgan fingerprint density at radius 1 is 1.10 bits per heavy atom. The maximum Gasteiger partial charge on any atom is 0.213 e. The standard InChI is InChI=1S/C22H34N4O2.HI/c1-22(2,3)19-16-25-20(28-19)17-26-21(23-4)24-13-8-9-14-27-15-12-18-10-6-5-7-11-18;/h5-7,10-11,16H,8-9,12-15,17H2,1-4H3,(H2,23,24,26);1H. The molecule has 29 heavy (non-hydrogen) atoms. The van der Waals surface area contributed by atoms with Crippen LogP contribution in [-0.4, -0.2) is 37.7 Å². The van der Waals surface area contributed by atoms with Gasteiger partial charge < -0.3 is 19.8 Å². The number of aliphatic imine (C=N–C) groups is 1. The zero-order valence-corrected chi connectivity index (χ0v) is 20.4. The van der Waals surface area contributed by atoms with Crippen LogP contribution in [0.25, 0.3) is 0 Å². The largest absolute Gasteiger partial charge is 0.443 e. The van der Waals surface area contributed by atoms with Crippen LogP contribution in [0.4, 0.5) is 0 Å². The Morgan fingerprint density at radius 2 is 1.86 bits per heavy atom. The van der Waals surface area contributed by atoms with Gasteiger partial charge in [0.1, 0.15) is 5.76 Å². The van der Waals surface area contributed by atoms with Crippen LogP contribution in [0.3, 0.4) is 0 Å². The summed E-state index contributed by atoms with van der Waals surface area (Å²) in [5, 5.41) is 6.54. The highest BCUT2D eigenvalue weighted by Crippen LogP contribution is 2.22. The van der Waals surface area contributed by atoms with Gasteiger partial charge in [-0.25, -0.2) is 4.98 Å². The lowest BCUT2D eigenvalue weighted by molar-refractivity contribution is 0.133. The molecule has 1 aromatic carbocycles. The van der Waals surface area contributed by atoms with Gasteiger partial charge in [0, 0.05) is 25.6 Å². The minimum atomic E-state index is -0.0334. The average Bonchev–Trinajstić information content (AvgIpc) is 3.16. The van der Waals surface area contributed by atoms with Gasteiger partial charge in [0.2, 0.25) is 5.89 Å². The molecule has 0 aliphatic carbocycles. The third-order valence-corrected chi connectivity index (χ3v) is 4.31. The zero-order chi connectivity index (χ0) is 20.2. The third-order valence-electron chi connectivity index (χ3n) is 4.31. The molecule has 0 aliphatic heterocycles. The second kappa shape index (κ2) is 13.6. The van der Waals surface area contributed by atoms with Gasteiger partial charge in [0.15, 0.2) is 5.96 Å². The molecule has 0 atom stereocenters. The van der Waals surface area contributed by atoms with Gasteiger partial charge in [-0.2, -0.15) is 0 Å². The molecule has 0 aliphatic rings. The fourth-order valence-electron chi connectivity index (χ4n) is 2.59. The molecule has 162 valence electrons. The number of aromatic nitrogens is 1. The summed E-state index contributed by atoms with van der Waals surface area (Å²) in [6, 6.07) is 10.4. The molecule has 0 bridgehead atoms. The van der Waals surface area contributed by atoms with Gasteiger partial charge in [-0.05, 0) is 24.8 Å². The summed E-state index contributed by atoms with van der Waals surface area (Å²) in [4.78, 5) is 8.55. The van der Waals surface area contributed by atoms with Crippen molar-refractivity contribution in [3.8, 4) is 0 Å². The molecule has 0 radical (unpaired) electrons. The number of unbranched alkanes of at least 4 members (excludes halogenated alkanes) is 1. The maximum atomic E-state index is 5.78. The van der Waals surface area contributed by atoms with Crippen LogP contribution in [0, 0.1) is 0 Å². The number of nitrogens with zero attached hydrogens (tertiary/aromatic N) is 2. The first-order valence-corrected chi connectivity index (χ1v) is 10.0. The fraction of sp³-hybridized carbons (Fsp3) is 0.545. The van der Waals surface area contributed by atoms with Crippen LogP contribution in [-0.2, 0) is 23.1 Å². The Balaban J connectivity index is 0.00000420. The maximum absolute atomic E-state index is 5.78. The number of rotatable bonds is 10. The van der Waals surface area contributed by atoms with E-state index < -0.39 is 0 Å².